The topological polar surface area (TPSA) is 66.5 Å². The minimum Gasteiger partial charge on any atom is -0.350 e. The Morgan fingerprint density at radius 2 is 1.81 bits per heavy atom. The zero-order chi connectivity index (χ0) is 16.4. The maximum absolute atomic E-state index is 13.9. The molecule has 1 rings (SSSR count). The molecule has 1 amide bonds. The molecule has 0 aromatic heterocycles. The first kappa shape index (κ1) is 17.4. The summed E-state index contributed by atoms with van der Waals surface area (Å²) in [5.41, 5.74) is -0.652. The highest BCUT2D eigenvalue weighted by Crippen LogP contribution is 2.24. The largest absolute Gasteiger partial charge is 0.350 e. The van der Waals surface area contributed by atoms with Gasteiger partial charge in [-0.25, -0.2) is 12.8 Å². The van der Waals surface area contributed by atoms with E-state index in [1.807, 2.05) is 0 Å². The van der Waals surface area contributed by atoms with Crippen LogP contribution in [0, 0.1) is 5.82 Å². The highest BCUT2D eigenvalue weighted by Gasteiger charge is 2.32. The second-order valence-corrected chi connectivity index (χ2v) is 7.78. The molecule has 0 radical (unpaired) electrons. The van der Waals surface area contributed by atoms with Crippen LogP contribution >= 0.6 is 0 Å². The van der Waals surface area contributed by atoms with E-state index in [2.05, 4.69) is 5.32 Å². The molecular weight excluding hydrogens is 295 g/mol. The highest BCUT2D eigenvalue weighted by atomic mass is 32.2. The number of nitrogens with zero attached hydrogens (tertiary/aromatic N) is 1. The smallest absolute Gasteiger partial charge is 0.244 e. The molecule has 7 heteroatoms. The van der Waals surface area contributed by atoms with Gasteiger partial charge < -0.3 is 5.32 Å². The Morgan fingerprint density at radius 1 is 1.29 bits per heavy atom. The summed E-state index contributed by atoms with van der Waals surface area (Å²) in [5, 5.41) is 2.69. The van der Waals surface area contributed by atoms with Gasteiger partial charge in [0.1, 0.15) is 11.9 Å². The molecular formula is C14H21FN2O3S. The third-order valence-electron chi connectivity index (χ3n) is 2.68. The Hall–Kier alpha value is -1.63. The molecule has 1 N–H and O–H groups in total. The van der Waals surface area contributed by atoms with Gasteiger partial charge in [0.15, 0.2) is 0 Å². The van der Waals surface area contributed by atoms with Crippen LogP contribution in [-0.4, -0.2) is 32.2 Å². The van der Waals surface area contributed by atoms with Crippen LogP contribution in [0.15, 0.2) is 24.3 Å². The average molecular weight is 316 g/mol. The highest BCUT2D eigenvalue weighted by molar-refractivity contribution is 7.92. The maximum atomic E-state index is 13.9. The van der Waals surface area contributed by atoms with E-state index in [-0.39, 0.29) is 5.69 Å². The van der Waals surface area contributed by atoms with Gasteiger partial charge in [-0.15, -0.1) is 0 Å². The fourth-order valence-corrected chi connectivity index (χ4v) is 3.06. The van der Waals surface area contributed by atoms with E-state index in [0.717, 1.165) is 16.6 Å². The van der Waals surface area contributed by atoms with Crippen molar-refractivity contribution in [3.05, 3.63) is 30.1 Å². The number of nitrogens with one attached hydrogen (secondary N) is 1. The van der Waals surface area contributed by atoms with Crippen molar-refractivity contribution in [3.63, 3.8) is 0 Å². The van der Waals surface area contributed by atoms with Crippen LogP contribution in [0.2, 0.25) is 0 Å². The van der Waals surface area contributed by atoms with Crippen LogP contribution in [0.4, 0.5) is 10.1 Å². The van der Waals surface area contributed by atoms with E-state index in [0.29, 0.717) is 0 Å². The van der Waals surface area contributed by atoms with Gasteiger partial charge in [-0.05, 0) is 39.8 Å². The first-order valence-corrected chi connectivity index (χ1v) is 8.34. The van der Waals surface area contributed by atoms with Crippen LogP contribution in [0.5, 0.6) is 0 Å². The minimum absolute atomic E-state index is 0.142. The lowest BCUT2D eigenvalue weighted by Crippen LogP contribution is -2.52. The quantitative estimate of drug-likeness (QED) is 0.922. The molecule has 1 aromatic rings. The van der Waals surface area contributed by atoms with Gasteiger partial charge in [-0.1, -0.05) is 12.1 Å². The van der Waals surface area contributed by atoms with Gasteiger partial charge in [-0.3, -0.25) is 9.10 Å². The normalized spacial score (nSPS) is 13.6. The Bertz CT molecular complexity index is 623. The summed E-state index contributed by atoms with van der Waals surface area (Å²) < 4.78 is 38.6. The van der Waals surface area contributed by atoms with Crippen molar-refractivity contribution >= 4 is 21.6 Å². The number of anilines is 1. The Kier molecular flexibility index (Phi) is 4.99. The lowest BCUT2D eigenvalue weighted by Gasteiger charge is -2.31. The number of benzene rings is 1. The first-order chi connectivity index (χ1) is 9.43. The third kappa shape index (κ3) is 4.70. The second-order valence-electron chi connectivity index (χ2n) is 5.93. The molecule has 0 spiro atoms. The van der Waals surface area contributed by atoms with Gasteiger partial charge >= 0.3 is 0 Å². The lowest BCUT2D eigenvalue weighted by molar-refractivity contribution is -0.123. The molecule has 0 aliphatic heterocycles. The van der Waals surface area contributed by atoms with E-state index in [1.54, 1.807) is 20.8 Å². The SMILES string of the molecule is CC(C(=O)NC(C)(C)C)N(c1ccccc1F)S(C)(=O)=O. The van der Waals surface area contributed by atoms with Crippen molar-refractivity contribution in [2.45, 2.75) is 39.3 Å². The van der Waals surface area contributed by atoms with Crippen LogP contribution in [0.1, 0.15) is 27.7 Å². The zero-order valence-electron chi connectivity index (χ0n) is 12.8. The molecule has 0 saturated heterocycles. The number of carbonyl (C=O) groups excluding carboxylic acids is 1. The molecule has 5 nitrogen and oxygen atoms in total. The summed E-state index contributed by atoms with van der Waals surface area (Å²) in [5.74, 6) is -1.19. The van der Waals surface area contributed by atoms with Gasteiger partial charge in [0.2, 0.25) is 15.9 Å². The summed E-state index contributed by atoms with van der Waals surface area (Å²) in [4.78, 5) is 12.2. The van der Waals surface area contributed by atoms with E-state index in [1.165, 1.54) is 25.1 Å². The molecule has 0 fully saturated rings. The van der Waals surface area contributed by atoms with Gasteiger partial charge in [0.25, 0.3) is 0 Å². The number of halogens is 1. The van der Waals surface area contributed by atoms with Crippen LogP contribution in [-0.2, 0) is 14.8 Å². The summed E-state index contributed by atoms with van der Waals surface area (Å²) in [6.07, 6.45) is 0.945. The number of para-hydroxylation sites is 1. The number of amides is 1. The summed E-state index contributed by atoms with van der Waals surface area (Å²) in [6.45, 7) is 6.77. The van der Waals surface area contributed by atoms with Crippen LogP contribution < -0.4 is 9.62 Å². The minimum atomic E-state index is -3.81. The Balaban J connectivity index is 3.23. The number of carbonyl (C=O) groups is 1. The molecule has 0 heterocycles. The van der Waals surface area contributed by atoms with Crippen molar-refractivity contribution < 1.29 is 17.6 Å². The molecule has 21 heavy (non-hydrogen) atoms. The van der Waals surface area contributed by atoms with E-state index >= 15 is 0 Å². The van der Waals surface area contributed by atoms with Crippen molar-refractivity contribution in [3.8, 4) is 0 Å². The lowest BCUT2D eigenvalue weighted by atomic mass is 10.1. The molecule has 0 bridgehead atoms. The van der Waals surface area contributed by atoms with Gasteiger partial charge in [0, 0.05) is 5.54 Å². The first-order valence-electron chi connectivity index (χ1n) is 6.49. The molecule has 1 aromatic carbocycles. The number of hydrogen-bond acceptors (Lipinski definition) is 3. The summed E-state index contributed by atoms with van der Waals surface area (Å²) >= 11 is 0. The van der Waals surface area contributed by atoms with Crippen molar-refractivity contribution in [2.75, 3.05) is 10.6 Å². The van der Waals surface area contributed by atoms with Crippen molar-refractivity contribution in [1.29, 1.82) is 0 Å². The number of hydrogen-bond donors (Lipinski definition) is 1. The van der Waals surface area contributed by atoms with Gasteiger partial charge in [-0.2, -0.15) is 0 Å². The predicted molar refractivity (Wildman–Crippen MR) is 81.1 cm³/mol. The third-order valence-corrected chi connectivity index (χ3v) is 3.90. The van der Waals surface area contributed by atoms with Crippen molar-refractivity contribution in [2.24, 2.45) is 0 Å². The number of sulfonamides is 1. The van der Waals surface area contributed by atoms with E-state index < -0.39 is 33.3 Å². The fraction of sp³-hybridized carbons (Fsp3) is 0.500. The molecule has 1 atom stereocenters. The maximum Gasteiger partial charge on any atom is 0.244 e. The molecule has 0 aliphatic carbocycles. The summed E-state index contributed by atoms with van der Waals surface area (Å²) in [7, 11) is -3.81. The Labute approximate surface area is 125 Å². The number of rotatable bonds is 4. The molecule has 118 valence electrons. The Morgan fingerprint density at radius 3 is 2.24 bits per heavy atom. The van der Waals surface area contributed by atoms with Crippen LogP contribution in [0.3, 0.4) is 0 Å². The second kappa shape index (κ2) is 6.01. The predicted octanol–water partition coefficient (Wildman–Crippen LogP) is 1.89. The average Bonchev–Trinajstić information content (AvgIpc) is 2.27. The zero-order valence-corrected chi connectivity index (χ0v) is 13.7. The van der Waals surface area contributed by atoms with Crippen LogP contribution in [0.25, 0.3) is 0 Å². The monoisotopic (exact) mass is 316 g/mol. The van der Waals surface area contributed by atoms with Gasteiger partial charge in [0.05, 0.1) is 11.9 Å². The summed E-state index contributed by atoms with van der Waals surface area (Å²) in [6, 6.07) is 4.40. The molecule has 1 unspecified atom stereocenters. The fourth-order valence-electron chi connectivity index (χ4n) is 1.89. The van der Waals surface area contributed by atoms with E-state index in [9.17, 15) is 17.6 Å². The van der Waals surface area contributed by atoms with Crippen molar-refractivity contribution in [1.82, 2.24) is 5.32 Å². The molecule has 0 saturated carbocycles. The standard InChI is InChI=1S/C14H21FN2O3S/c1-10(13(18)16-14(2,3)4)17(21(5,19)20)12-9-7-6-8-11(12)15/h6-10H,1-5H3,(H,16,18). The van der Waals surface area contributed by atoms with E-state index in [4.69, 9.17) is 0 Å². The molecule has 0 aliphatic rings.